The molecular formula is C14H22N2O. The number of aliphatic hydroxyl groups excluding tert-OH is 1. The minimum Gasteiger partial charge on any atom is -0.396 e. The first-order valence-corrected chi connectivity index (χ1v) is 6.55. The van der Waals surface area contributed by atoms with E-state index >= 15 is 0 Å². The third kappa shape index (κ3) is 3.51. The molecule has 1 aromatic heterocycles. The number of aliphatic hydroxyl groups is 1. The zero-order valence-corrected chi connectivity index (χ0v) is 10.5. The van der Waals surface area contributed by atoms with Gasteiger partial charge in [-0.25, -0.2) is 0 Å². The Hall–Kier alpha value is -0.930. The lowest BCUT2D eigenvalue weighted by Crippen LogP contribution is -2.39. The summed E-state index contributed by atoms with van der Waals surface area (Å²) in [5.74, 6) is 0.433. The highest BCUT2D eigenvalue weighted by atomic mass is 16.3. The van der Waals surface area contributed by atoms with Gasteiger partial charge < -0.3 is 10.4 Å². The van der Waals surface area contributed by atoms with Crippen LogP contribution in [0.1, 0.15) is 36.9 Å². The molecule has 1 aromatic rings. The van der Waals surface area contributed by atoms with Gasteiger partial charge in [0.1, 0.15) is 0 Å². The molecule has 3 nitrogen and oxygen atoms in total. The van der Waals surface area contributed by atoms with Gasteiger partial charge >= 0.3 is 0 Å². The van der Waals surface area contributed by atoms with Crippen LogP contribution in [-0.2, 0) is 6.54 Å². The van der Waals surface area contributed by atoms with Gasteiger partial charge in [0.05, 0.1) is 0 Å². The smallest absolute Gasteiger partial charge is 0.0474 e. The molecule has 1 aliphatic rings. The first-order chi connectivity index (χ1) is 8.29. The van der Waals surface area contributed by atoms with Crippen molar-refractivity contribution in [3.8, 4) is 0 Å². The summed E-state index contributed by atoms with van der Waals surface area (Å²) in [6.45, 7) is 3.17. The number of hydrogen-bond donors (Lipinski definition) is 2. The van der Waals surface area contributed by atoms with Crippen LogP contribution >= 0.6 is 0 Å². The summed E-state index contributed by atoms with van der Waals surface area (Å²) in [5.41, 5.74) is 2.28. The predicted octanol–water partition coefficient (Wildman–Crippen LogP) is 2.03. The molecule has 0 bridgehead atoms. The topological polar surface area (TPSA) is 45.1 Å². The number of rotatable bonds is 4. The molecule has 1 heterocycles. The summed E-state index contributed by atoms with van der Waals surface area (Å²) in [4.78, 5) is 4.29. The van der Waals surface area contributed by atoms with Crippen LogP contribution in [0.4, 0.5) is 0 Å². The Labute approximate surface area is 103 Å². The van der Waals surface area contributed by atoms with Gasteiger partial charge in [-0.3, -0.25) is 4.98 Å². The van der Waals surface area contributed by atoms with Crippen LogP contribution < -0.4 is 5.32 Å². The van der Waals surface area contributed by atoms with Crippen LogP contribution in [0.2, 0.25) is 0 Å². The standard InChI is InChI=1S/C14H22N2O/c1-11-6-7-12(8-15-11)9-16-14-5-3-2-4-13(14)10-17/h6-8,13-14,16-17H,2-5,9-10H2,1H3. The third-order valence-electron chi connectivity index (χ3n) is 3.68. The second kappa shape index (κ2) is 6.12. The molecule has 0 spiro atoms. The maximum absolute atomic E-state index is 9.34. The van der Waals surface area contributed by atoms with Crippen LogP contribution in [0.15, 0.2) is 18.3 Å². The average molecular weight is 234 g/mol. The van der Waals surface area contributed by atoms with E-state index in [4.69, 9.17) is 0 Å². The van der Waals surface area contributed by atoms with Gasteiger partial charge in [0.15, 0.2) is 0 Å². The number of pyridine rings is 1. The van der Waals surface area contributed by atoms with Crippen LogP contribution in [0.5, 0.6) is 0 Å². The third-order valence-corrected chi connectivity index (χ3v) is 3.68. The van der Waals surface area contributed by atoms with Gasteiger partial charge in [-0.15, -0.1) is 0 Å². The number of aromatic nitrogens is 1. The molecule has 3 heteroatoms. The van der Waals surface area contributed by atoms with Gasteiger partial charge in [0.25, 0.3) is 0 Å². The summed E-state index contributed by atoms with van der Waals surface area (Å²) in [6, 6.07) is 4.63. The molecule has 2 atom stereocenters. The lowest BCUT2D eigenvalue weighted by atomic mass is 9.85. The van der Waals surface area contributed by atoms with Gasteiger partial charge in [0.2, 0.25) is 0 Å². The molecule has 0 radical (unpaired) electrons. The second-order valence-corrected chi connectivity index (χ2v) is 5.02. The molecule has 2 N–H and O–H groups in total. The zero-order chi connectivity index (χ0) is 12.1. The van der Waals surface area contributed by atoms with Crippen LogP contribution in [0.3, 0.4) is 0 Å². The molecule has 17 heavy (non-hydrogen) atoms. The van der Waals surface area contributed by atoms with E-state index in [9.17, 15) is 5.11 Å². The largest absolute Gasteiger partial charge is 0.396 e. The van der Waals surface area contributed by atoms with Crippen molar-refractivity contribution in [2.75, 3.05) is 6.61 Å². The van der Waals surface area contributed by atoms with E-state index in [0.717, 1.165) is 18.7 Å². The van der Waals surface area contributed by atoms with Crippen molar-refractivity contribution in [2.45, 2.75) is 45.2 Å². The molecule has 0 saturated heterocycles. The number of nitrogens with one attached hydrogen (secondary N) is 1. The molecule has 1 saturated carbocycles. The Kier molecular flexibility index (Phi) is 4.51. The van der Waals surface area contributed by atoms with Crippen molar-refractivity contribution in [2.24, 2.45) is 5.92 Å². The summed E-state index contributed by atoms with van der Waals surface area (Å²) < 4.78 is 0. The van der Waals surface area contributed by atoms with E-state index in [1.165, 1.54) is 24.8 Å². The summed E-state index contributed by atoms with van der Waals surface area (Å²) in [6.07, 6.45) is 6.81. The molecule has 2 unspecified atom stereocenters. The average Bonchev–Trinajstić information content (AvgIpc) is 2.38. The van der Waals surface area contributed by atoms with Crippen LogP contribution in [0, 0.1) is 12.8 Å². The SMILES string of the molecule is Cc1ccc(CNC2CCCCC2CO)cn1. The Morgan fingerprint density at radius 3 is 2.88 bits per heavy atom. The fraction of sp³-hybridized carbons (Fsp3) is 0.643. The van der Waals surface area contributed by atoms with Crippen LogP contribution in [-0.4, -0.2) is 22.7 Å². The van der Waals surface area contributed by atoms with Gasteiger partial charge in [-0.1, -0.05) is 18.9 Å². The lowest BCUT2D eigenvalue weighted by molar-refractivity contribution is 0.152. The van der Waals surface area contributed by atoms with Gasteiger partial charge in [-0.2, -0.15) is 0 Å². The summed E-state index contributed by atoms with van der Waals surface area (Å²) in [5, 5.41) is 12.9. The van der Waals surface area contributed by atoms with Gasteiger partial charge in [-0.05, 0) is 37.3 Å². The van der Waals surface area contributed by atoms with E-state index < -0.39 is 0 Å². The molecule has 94 valence electrons. The van der Waals surface area contributed by atoms with Crippen molar-refractivity contribution in [3.63, 3.8) is 0 Å². The van der Waals surface area contributed by atoms with Gasteiger partial charge in [0, 0.05) is 31.1 Å². The quantitative estimate of drug-likeness (QED) is 0.838. The number of aryl methyl sites for hydroxylation is 1. The summed E-state index contributed by atoms with van der Waals surface area (Å²) in [7, 11) is 0. The van der Waals surface area contributed by atoms with Crippen molar-refractivity contribution in [3.05, 3.63) is 29.6 Å². The molecule has 0 aromatic carbocycles. The minimum atomic E-state index is 0.309. The van der Waals surface area contributed by atoms with E-state index in [-0.39, 0.29) is 0 Å². The maximum Gasteiger partial charge on any atom is 0.0474 e. The van der Waals surface area contributed by atoms with E-state index in [1.807, 2.05) is 19.2 Å². The second-order valence-electron chi connectivity index (χ2n) is 5.02. The fourth-order valence-corrected chi connectivity index (χ4v) is 2.55. The Morgan fingerprint density at radius 1 is 1.35 bits per heavy atom. The van der Waals surface area contributed by atoms with Crippen molar-refractivity contribution in [1.29, 1.82) is 0 Å². The highest BCUT2D eigenvalue weighted by molar-refractivity contribution is 5.13. The predicted molar refractivity (Wildman–Crippen MR) is 68.6 cm³/mol. The Bertz CT molecular complexity index is 337. The van der Waals surface area contributed by atoms with Crippen molar-refractivity contribution in [1.82, 2.24) is 10.3 Å². The number of hydrogen-bond acceptors (Lipinski definition) is 3. The highest BCUT2D eigenvalue weighted by Gasteiger charge is 2.23. The molecular weight excluding hydrogens is 212 g/mol. The van der Waals surface area contributed by atoms with Crippen molar-refractivity contribution >= 4 is 0 Å². The molecule has 1 aliphatic carbocycles. The van der Waals surface area contributed by atoms with E-state index in [0.29, 0.717) is 18.6 Å². The maximum atomic E-state index is 9.34. The fourth-order valence-electron chi connectivity index (χ4n) is 2.55. The monoisotopic (exact) mass is 234 g/mol. The number of nitrogens with zero attached hydrogens (tertiary/aromatic N) is 1. The summed E-state index contributed by atoms with van der Waals surface area (Å²) >= 11 is 0. The highest BCUT2D eigenvalue weighted by Crippen LogP contribution is 2.24. The molecule has 0 amide bonds. The first kappa shape index (κ1) is 12.5. The Balaban J connectivity index is 1.86. The van der Waals surface area contributed by atoms with Crippen LogP contribution in [0.25, 0.3) is 0 Å². The van der Waals surface area contributed by atoms with Crippen molar-refractivity contribution < 1.29 is 5.11 Å². The Morgan fingerprint density at radius 2 is 2.18 bits per heavy atom. The normalized spacial score (nSPS) is 24.8. The minimum absolute atomic E-state index is 0.309. The van der Waals surface area contributed by atoms with E-state index in [1.54, 1.807) is 0 Å². The first-order valence-electron chi connectivity index (χ1n) is 6.55. The molecule has 1 fully saturated rings. The molecule has 2 rings (SSSR count). The lowest BCUT2D eigenvalue weighted by Gasteiger charge is -2.31. The van der Waals surface area contributed by atoms with E-state index in [2.05, 4.69) is 16.4 Å². The molecule has 0 aliphatic heterocycles. The zero-order valence-electron chi connectivity index (χ0n) is 10.5.